The summed E-state index contributed by atoms with van der Waals surface area (Å²) in [5, 5.41) is 3.62. The third-order valence-electron chi connectivity index (χ3n) is 4.89. The number of aryl methyl sites for hydroxylation is 1. The van der Waals surface area contributed by atoms with Gasteiger partial charge in [-0.2, -0.15) is 0 Å². The van der Waals surface area contributed by atoms with Crippen molar-refractivity contribution >= 4 is 17.5 Å². The average Bonchev–Trinajstić information content (AvgIpc) is 3.34. The van der Waals surface area contributed by atoms with Crippen molar-refractivity contribution in [3.05, 3.63) is 101 Å². The lowest BCUT2D eigenvalue weighted by atomic mass is 10.1. The smallest absolute Gasteiger partial charge is 0.253 e. The SMILES string of the molecule is Cc1cccc(-n2c(-c3ccc(Cl)cc3)cc(C(=O)NCc3ccco3)c2C)c1. The summed E-state index contributed by atoms with van der Waals surface area (Å²) in [5.41, 5.74) is 5.59. The standard InChI is InChI=1S/C24H21ClN2O2/c1-16-5-3-6-20(13-16)27-17(2)22(24(28)26-15-21-7-4-12-29-21)14-23(27)18-8-10-19(25)11-9-18/h3-14H,15H2,1-2H3,(H,26,28). The van der Waals surface area contributed by atoms with E-state index in [4.69, 9.17) is 16.0 Å². The van der Waals surface area contributed by atoms with Crippen LogP contribution >= 0.6 is 11.6 Å². The van der Waals surface area contributed by atoms with Crippen LogP contribution in [0.3, 0.4) is 0 Å². The van der Waals surface area contributed by atoms with Crippen molar-refractivity contribution in [1.29, 1.82) is 0 Å². The molecular weight excluding hydrogens is 384 g/mol. The second-order valence-corrected chi connectivity index (χ2v) is 7.41. The molecule has 4 aromatic rings. The first-order chi connectivity index (χ1) is 14.0. The monoisotopic (exact) mass is 404 g/mol. The van der Waals surface area contributed by atoms with Gasteiger partial charge in [0.15, 0.2) is 0 Å². The molecule has 0 fully saturated rings. The molecule has 0 radical (unpaired) electrons. The molecular formula is C24H21ClN2O2. The van der Waals surface area contributed by atoms with Crippen LogP contribution in [0.2, 0.25) is 5.02 Å². The maximum Gasteiger partial charge on any atom is 0.253 e. The normalized spacial score (nSPS) is 10.9. The Labute approximate surface area is 174 Å². The number of amides is 1. The number of hydrogen-bond donors (Lipinski definition) is 1. The lowest BCUT2D eigenvalue weighted by molar-refractivity contribution is 0.0947. The maximum absolute atomic E-state index is 12.9. The summed E-state index contributed by atoms with van der Waals surface area (Å²) in [6.45, 7) is 4.36. The van der Waals surface area contributed by atoms with Gasteiger partial charge >= 0.3 is 0 Å². The predicted molar refractivity (Wildman–Crippen MR) is 116 cm³/mol. The van der Waals surface area contributed by atoms with Gasteiger partial charge < -0.3 is 14.3 Å². The molecule has 2 aromatic heterocycles. The Hall–Kier alpha value is -3.24. The number of aromatic nitrogens is 1. The van der Waals surface area contributed by atoms with E-state index in [9.17, 15) is 4.79 Å². The molecule has 2 aromatic carbocycles. The van der Waals surface area contributed by atoms with E-state index in [1.54, 1.807) is 12.3 Å². The van der Waals surface area contributed by atoms with Crippen molar-refractivity contribution in [3.8, 4) is 16.9 Å². The van der Waals surface area contributed by atoms with E-state index >= 15 is 0 Å². The lowest BCUT2D eigenvalue weighted by Gasteiger charge is -2.13. The van der Waals surface area contributed by atoms with E-state index in [0.717, 1.165) is 28.2 Å². The number of carbonyl (C=O) groups excluding carboxylic acids is 1. The van der Waals surface area contributed by atoms with Gasteiger partial charge in [-0.15, -0.1) is 0 Å². The van der Waals surface area contributed by atoms with Crippen LogP contribution in [0, 0.1) is 13.8 Å². The highest BCUT2D eigenvalue weighted by Crippen LogP contribution is 2.30. The summed E-state index contributed by atoms with van der Waals surface area (Å²) in [5.74, 6) is 0.576. The van der Waals surface area contributed by atoms with E-state index in [2.05, 4.69) is 28.9 Å². The Morgan fingerprint density at radius 3 is 2.52 bits per heavy atom. The number of halogens is 1. The molecule has 0 aliphatic carbocycles. The van der Waals surface area contributed by atoms with Gasteiger partial charge in [0.05, 0.1) is 24.1 Å². The average molecular weight is 405 g/mol. The largest absolute Gasteiger partial charge is 0.467 e. The molecule has 0 spiro atoms. The molecule has 0 atom stereocenters. The number of rotatable bonds is 5. The predicted octanol–water partition coefficient (Wildman–Crippen LogP) is 5.94. The number of nitrogens with zero attached hydrogens (tertiary/aromatic N) is 1. The van der Waals surface area contributed by atoms with E-state index in [-0.39, 0.29) is 5.91 Å². The van der Waals surface area contributed by atoms with Crippen molar-refractivity contribution in [3.63, 3.8) is 0 Å². The van der Waals surface area contributed by atoms with Crippen LogP contribution in [0.4, 0.5) is 0 Å². The highest BCUT2D eigenvalue weighted by atomic mass is 35.5. The third-order valence-corrected chi connectivity index (χ3v) is 5.15. The quantitative estimate of drug-likeness (QED) is 0.447. The van der Waals surface area contributed by atoms with E-state index in [0.29, 0.717) is 22.9 Å². The molecule has 146 valence electrons. The number of benzene rings is 2. The lowest BCUT2D eigenvalue weighted by Crippen LogP contribution is -2.23. The van der Waals surface area contributed by atoms with E-state index < -0.39 is 0 Å². The molecule has 0 saturated carbocycles. The molecule has 0 bridgehead atoms. The molecule has 0 aliphatic heterocycles. The second kappa shape index (κ2) is 8.02. The topological polar surface area (TPSA) is 47.2 Å². The first kappa shape index (κ1) is 19.1. The number of carbonyl (C=O) groups is 1. The van der Waals surface area contributed by atoms with Crippen molar-refractivity contribution in [2.75, 3.05) is 0 Å². The minimum absolute atomic E-state index is 0.138. The van der Waals surface area contributed by atoms with Gasteiger partial charge in [-0.25, -0.2) is 0 Å². The number of nitrogens with one attached hydrogen (secondary N) is 1. The van der Waals surface area contributed by atoms with Gasteiger partial charge in [-0.05, 0) is 67.4 Å². The fourth-order valence-corrected chi connectivity index (χ4v) is 3.57. The van der Waals surface area contributed by atoms with Crippen molar-refractivity contribution in [2.45, 2.75) is 20.4 Å². The zero-order chi connectivity index (χ0) is 20.4. The summed E-state index contributed by atoms with van der Waals surface area (Å²) < 4.78 is 7.42. The molecule has 0 aliphatic rings. The molecule has 1 N–H and O–H groups in total. The first-order valence-electron chi connectivity index (χ1n) is 9.39. The fraction of sp³-hybridized carbons (Fsp3) is 0.125. The van der Waals surface area contributed by atoms with Crippen molar-refractivity contribution < 1.29 is 9.21 Å². The van der Waals surface area contributed by atoms with Crippen LogP contribution < -0.4 is 5.32 Å². The minimum atomic E-state index is -0.138. The molecule has 0 unspecified atom stereocenters. The van der Waals surface area contributed by atoms with Crippen molar-refractivity contribution in [2.24, 2.45) is 0 Å². The van der Waals surface area contributed by atoms with Gasteiger partial charge in [0.25, 0.3) is 5.91 Å². The van der Waals surface area contributed by atoms with E-state index in [1.807, 2.05) is 55.5 Å². The Kier molecular flexibility index (Phi) is 5.28. The van der Waals surface area contributed by atoms with Crippen LogP contribution in [0.25, 0.3) is 16.9 Å². The van der Waals surface area contributed by atoms with Gasteiger partial charge in [0.2, 0.25) is 0 Å². The summed E-state index contributed by atoms with van der Waals surface area (Å²) >= 11 is 6.07. The Balaban J connectivity index is 1.77. The number of hydrogen-bond acceptors (Lipinski definition) is 2. The number of furan rings is 1. The maximum atomic E-state index is 12.9. The second-order valence-electron chi connectivity index (χ2n) is 6.97. The summed E-state index contributed by atoms with van der Waals surface area (Å²) in [6.07, 6.45) is 1.60. The molecule has 29 heavy (non-hydrogen) atoms. The molecule has 4 nitrogen and oxygen atoms in total. The van der Waals surface area contributed by atoms with Gasteiger partial charge in [0, 0.05) is 16.4 Å². The Morgan fingerprint density at radius 1 is 1.03 bits per heavy atom. The van der Waals surface area contributed by atoms with Crippen LogP contribution in [0.1, 0.15) is 27.4 Å². The summed E-state index contributed by atoms with van der Waals surface area (Å²) in [6, 6.07) is 21.4. The summed E-state index contributed by atoms with van der Waals surface area (Å²) in [7, 11) is 0. The van der Waals surface area contributed by atoms with Gasteiger partial charge in [0.1, 0.15) is 5.76 Å². The van der Waals surface area contributed by atoms with E-state index in [1.165, 1.54) is 0 Å². The van der Waals surface area contributed by atoms with Crippen molar-refractivity contribution in [1.82, 2.24) is 9.88 Å². The molecule has 1 amide bonds. The Morgan fingerprint density at radius 2 is 1.83 bits per heavy atom. The van der Waals surface area contributed by atoms with Crippen LogP contribution in [-0.4, -0.2) is 10.5 Å². The molecule has 4 rings (SSSR count). The summed E-state index contributed by atoms with van der Waals surface area (Å²) in [4.78, 5) is 12.9. The molecule has 0 saturated heterocycles. The highest BCUT2D eigenvalue weighted by Gasteiger charge is 2.20. The minimum Gasteiger partial charge on any atom is -0.467 e. The first-order valence-corrected chi connectivity index (χ1v) is 9.76. The van der Waals surface area contributed by atoms with Gasteiger partial charge in [-0.3, -0.25) is 4.79 Å². The molecule has 2 heterocycles. The highest BCUT2D eigenvalue weighted by molar-refractivity contribution is 6.30. The molecule has 5 heteroatoms. The van der Waals surface area contributed by atoms with Crippen LogP contribution in [0.5, 0.6) is 0 Å². The third kappa shape index (κ3) is 3.98. The zero-order valence-corrected chi connectivity index (χ0v) is 17.0. The fourth-order valence-electron chi connectivity index (χ4n) is 3.45. The van der Waals surface area contributed by atoms with Crippen LogP contribution in [0.15, 0.2) is 77.4 Å². The van der Waals surface area contributed by atoms with Crippen LogP contribution in [-0.2, 0) is 6.54 Å². The zero-order valence-electron chi connectivity index (χ0n) is 16.3. The Bertz CT molecular complexity index is 1140. The van der Waals surface area contributed by atoms with Gasteiger partial charge in [-0.1, -0.05) is 35.9 Å².